The van der Waals surface area contributed by atoms with Crippen molar-refractivity contribution in [2.75, 3.05) is 12.0 Å². The SMILES string of the molecule is CC(CS)OC[SiH2]O. The smallest absolute Gasteiger partial charge is 0.182 e. The summed E-state index contributed by atoms with van der Waals surface area (Å²) < 4.78 is 5.08. The third-order valence-electron chi connectivity index (χ3n) is 0.751. The molecule has 0 heterocycles. The van der Waals surface area contributed by atoms with Gasteiger partial charge in [-0.15, -0.1) is 0 Å². The van der Waals surface area contributed by atoms with Gasteiger partial charge in [0.05, 0.1) is 12.3 Å². The average Bonchev–Trinajstić information content (AvgIpc) is 1.83. The van der Waals surface area contributed by atoms with Crippen molar-refractivity contribution in [1.29, 1.82) is 0 Å². The number of rotatable bonds is 4. The van der Waals surface area contributed by atoms with Crippen LogP contribution in [0.25, 0.3) is 0 Å². The molecule has 50 valence electrons. The summed E-state index contributed by atoms with van der Waals surface area (Å²) in [7, 11) is -0.894. The van der Waals surface area contributed by atoms with Gasteiger partial charge in [0, 0.05) is 5.75 Å². The molecule has 0 aliphatic rings. The summed E-state index contributed by atoms with van der Waals surface area (Å²) in [5, 5.41) is 0. The van der Waals surface area contributed by atoms with Crippen LogP contribution >= 0.6 is 12.6 Å². The molecule has 0 saturated carbocycles. The first kappa shape index (κ1) is 8.49. The zero-order chi connectivity index (χ0) is 6.41. The molecular weight excluding hydrogens is 140 g/mol. The summed E-state index contributed by atoms with van der Waals surface area (Å²) in [4.78, 5) is 8.40. The van der Waals surface area contributed by atoms with Crippen molar-refractivity contribution in [2.45, 2.75) is 13.0 Å². The summed E-state index contributed by atoms with van der Waals surface area (Å²) in [5.41, 5.74) is 0. The fourth-order valence-electron chi connectivity index (χ4n) is 0.307. The van der Waals surface area contributed by atoms with E-state index in [1.165, 1.54) is 0 Å². The monoisotopic (exact) mass is 152 g/mol. The summed E-state index contributed by atoms with van der Waals surface area (Å²) in [6.45, 7) is 1.94. The minimum absolute atomic E-state index is 0.193. The van der Waals surface area contributed by atoms with E-state index in [9.17, 15) is 0 Å². The maximum Gasteiger partial charge on any atom is 0.182 e. The molecule has 0 bridgehead atoms. The van der Waals surface area contributed by atoms with Crippen molar-refractivity contribution < 1.29 is 9.53 Å². The molecule has 0 aliphatic carbocycles. The Kier molecular flexibility index (Phi) is 5.96. The van der Waals surface area contributed by atoms with Crippen LogP contribution in [0.2, 0.25) is 0 Å². The summed E-state index contributed by atoms with van der Waals surface area (Å²) in [6, 6.07) is 0. The molecule has 0 rings (SSSR count). The van der Waals surface area contributed by atoms with Crippen LogP contribution in [0.1, 0.15) is 6.92 Å². The van der Waals surface area contributed by atoms with Crippen LogP contribution in [0.4, 0.5) is 0 Å². The highest BCUT2D eigenvalue weighted by Crippen LogP contribution is 1.90. The van der Waals surface area contributed by atoms with E-state index in [4.69, 9.17) is 9.53 Å². The molecule has 1 N–H and O–H groups in total. The van der Waals surface area contributed by atoms with E-state index < -0.39 is 9.76 Å². The first-order valence-electron chi connectivity index (χ1n) is 2.64. The van der Waals surface area contributed by atoms with E-state index in [0.717, 1.165) is 5.75 Å². The van der Waals surface area contributed by atoms with Crippen LogP contribution in [0, 0.1) is 0 Å². The van der Waals surface area contributed by atoms with E-state index in [1.807, 2.05) is 6.92 Å². The van der Waals surface area contributed by atoms with E-state index in [1.54, 1.807) is 0 Å². The van der Waals surface area contributed by atoms with E-state index in [-0.39, 0.29) is 6.10 Å². The predicted molar refractivity (Wildman–Crippen MR) is 40.0 cm³/mol. The van der Waals surface area contributed by atoms with Crippen LogP contribution in [0.5, 0.6) is 0 Å². The van der Waals surface area contributed by atoms with Crippen LogP contribution in [0.15, 0.2) is 0 Å². The largest absolute Gasteiger partial charge is 0.436 e. The molecule has 2 nitrogen and oxygen atoms in total. The molecule has 0 amide bonds. The van der Waals surface area contributed by atoms with Gasteiger partial charge in [0.1, 0.15) is 0 Å². The third-order valence-corrected chi connectivity index (χ3v) is 1.68. The molecule has 0 aromatic heterocycles. The van der Waals surface area contributed by atoms with Crippen LogP contribution in [-0.4, -0.2) is 32.6 Å². The fourth-order valence-corrected chi connectivity index (χ4v) is 0.920. The summed E-state index contributed by atoms with van der Waals surface area (Å²) in [5.74, 6) is 0.731. The minimum atomic E-state index is -0.894. The Labute approximate surface area is 57.6 Å². The number of hydrogen-bond donors (Lipinski definition) is 2. The highest BCUT2D eigenvalue weighted by Gasteiger charge is 1.95. The molecule has 0 radical (unpaired) electrons. The van der Waals surface area contributed by atoms with Crippen molar-refractivity contribution in [1.82, 2.24) is 0 Å². The highest BCUT2D eigenvalue weighted by molar-refractivity contribution is 7.80. The Morgan fingerprint density at radius 2 is 2.50 bits per heavy atom. The zero-order valence-electron chi connectivity index (χ0n) is 5.00. The Morgan fingerprint density at radius 3 is 2.88 bits per heavy atom. The number of hydrogen-bond acceptors (Lipinski definition) is 3. The number of ether oxygens (including phenoxy) is 1. The quantitative estimate of drug-likeness (QED) is 0.414. The van der Waals surface area contributed by atoms with Gasteiger partial charge in [-0.2, -0.15) is 12.6 Å². The molecule has 0 saturated heterocycles. The van der Waals surface area contributed by atoms with Crippen molar-refractivity contribution in [3.8, 4) is 0 Å². The molecule has 4 heteroatoms. The zero-order valence-corrected chi connectivity index (χ0v) is 7.31. The molecule has 1 unspecified atom stereocenters. The lowest BCUT2D eigenvalue weighted by atomic mass is 10.5. The van der Waals surface area contributed by atoms with Crippen LogP contribution < -0.4 is 0 Å². The summed E-state index contributed by atoms with van der Waals surface area (Å²) >= 11 is 4.00. The van der Waals surface area contributed by atoms with Gasteiger partial charge >= 0.3 is 0 Å². The van der Waals surface area contributed by atoms with Gasteiger partial charge in [-0.1, -0.05) is 0 Å². The van der Waals surface area contributed by atoms with Gasteiger partial charge in [-0.25, -0.2) is 0 Å². The van der Waals surface area contributed by atoms with Gasteiger partial charge in [0.2, 0.25) is 0 Å². The average molecular weight is 152 g/mol. The van der Waals surface area contributed by atoms with Gasteiger partial charge in [-0.3, -0.25) is 0 Å². The topological polar surface area (TPSA) is 29.5 Å². The second kappa shape index (κ2) is 5.62. The lowest BCUT2D eigenvalue weighted by Crippen LogP contribution is -2.14. The summed E-state index contributed by atoms with van der Waals surface area (Å²) in [6.07, 6.45) is 0.750. The van der Waals surface area contributed by atoms with Crippen molar-refractivity contribution in [3.05, 3.63) is 0 Å². The molecule has 8 heavy (non-hydrogen) atoms. The van der Waals surface area contributed by atoms with Crippen molar-refractivity contribution in [2.24, 2.45) is 0 Å². The minimum Gasteiger partial charge on any atom is -0.436 e. The van der Waals surface area contributed by atoms with Gasteiger partial charge in [-0.05, 0) is 6.92 Å². The fraction of sp³-hybridized carbons (Fsp3) is 1.00. The third kappa shape index (κ3) is 4.64. The van der Waals surface area contributed by atoms with Crippen molar-refractivity contribution >= 4 is 22.4 Å². The second-order valence-corrected chi connectivity index (χ2v) is 2.81. The number of thiol groups is 1. The highest BCUT2D eigenvalue weighted by atomic mass is 32.1. The predicted octanol–water partition coefficient (Wildman–Crippen LogP) is -0.645. The Bertz CT molecular complexity index is 53.3. The molecular formula is C4H12O2SSi. The maximum atomic E-state index is 8.40. The maximum absolute atomic E-state index is 8.40. The lowest BCUT2D eigenvalue weighted by Gasteiger charge is -2.06. The molecule has 0 aliphatic heterocycles. The van der Waals surface area contributed by atoms with Crippen LogP contribution in [-0.2, 0) is 4.74 Å². The van der Waals surface area contributed by atoms with E-state index in [0.29, 0.717) is 6.23 Å². The molecule has 0 aromatic carbocycles. The van der Waals surface area contributed by atoms with E-state index >= 15 is 0 Å². The molecule has 0 aromatic rings. The lowest BCUT2D eigenvalue weighted by molar-refractivity contribution is 0.114. The standard InChI is InChI=1S/C4H12O2SSi/c1-4(2-7)6-3-8-5/h4-5,7H,2-3,8H2,1H3. The van der Waals surface area contributed by atoms with Crippen molar-refractivity contribution in [3.63, 3.8) is 0 Å². The Morgan fingerprint density at radius 1 is 1.88 bits per heavy atom. The first-order chi connectivity index (χ1) is 3.81. The van der Waals surface area contributed by atoms with Gasteiger partial charge in [0.25, 0.3) is 0 Å². The normalized spacial score (nSPS) is 15.4. The second-order valence-electron chi connectivity index (χ2n) is 1.59. The first-order valence-corrected chi connectivity index (χ1v) is 4.91. The molecule has 1 atom stereocenters. The van der Waals surface area contributed by atoms with Crippen LogP contribution in [0.3, 0.4) is 0 Å². The van der Waals surface area contributed by atoms with Gasteiger partial charge in [0.15, 0.2) is 9.76 Å². The molecule has 0 fully saturated rings. The van der Waals surface area contributed by atoms with Gasteiger partial charge < -0.3 is 9.53 Å². The molecule has 0 spiro atoms. The van der Waals surface area contributed by atoms with E-state index in [2.05, 4.69) is 12.6 Å². The Balaban J connectivity index is 2.86. The Hall–Kier alpha value is 0.487.